The van der Waals surface area contributed by atoms with Gasteiger partial charge in [-0.2, -0.15) is 5.10 Å². The summed E-state index contributed by atoms with van der Waals surface area (Å²) in [5, 5.41) is 10.8. The molecule has 0 aromatic heterocycles. The number of carbonyl (C=O) groups is 1. The van der Waals surface area contributed by atoms with Crippen LogP contribution in [0.5, 0.6) is 0 Å². The van der Waals surface area contributed by atoms with Gasteiger partial charge in [0, 0.05) is 43.7 Å². The van der Waals surface area contributed by atoms with Gasteiger partial charge in [-0.15, -0.1) is 5.10 Å². The Balaban J connectivity index is 1.84. The van der Waals surface area contributed by atoms with Crippen LogP contribution in [0.4, 0.5) is 5.69 Å². The third-order valence-electron chi connectivity index (χ3n) is 4.20. The zero-order valence-corrected chi connectivity index (χ0v) is 16.3. The number of amidine groups is 1. The molecule has 2 heterocycles. The molecular formula is C16H21N5O3S2. The minimum atomic E-state index is -3.42. The highest BCUT2D eigenvalue weighted by atomic mass is 32.2. The summed E-state index contributed by atoms with van der Waals surface area (Å²) < 4.78 is 24.4. The summed E-state index contributed by atoms with van der Waals surface area (Å²) in [5.74, 6) is 0.208. The van der Waals surface area contributed by atoms with Crippen LogP contribution < -0.4 is 10.2 Å². The summed E-state index contributed by atoms with van der Waals surface area (Å²) >= 11 is 1.26. The van der Waals surface area contributed by atoms with Gasteiger partial charge < -0.3 is 15.1 Å². The van der Waals surface area contributed by atoms with Crippen molar-refractivity contribution in [2.75, 3.05) is 50.1 Å². The van der Waals surface area contributed by atoms with E-state index in [1.165, 1.54) is 24.2 Å². The maximum atomic E-state index is 12.2. The number of thioether (sulfide) groups is 1. The molecule has 0 unspecified atom stereocenters. The van der Waals surface area contributed by atoms with E-state index in [0.29, 0.717) is 16.5 Å². The van der Waals surface area contributed by atoms with E-state index in [4.69, 9.17) is 0 Å². The molecular weight excluding hydrogens is 374 g/mol. The lowest BCUT2D eigenvalue weighted by Crippen LogP contribution is -2.44. The molecule has 0 radical (unpaired) electrons. The number of piperazine rings is 1. The predicted molar refractivity (Wildman–Crippen MR) is 105 cm³/mol. The van der Waals surface area contributed by atoms with Gasteiger partial charge in [0.1, 0.15) is 0 Å². The van der Waals surface area contributed by atoms with Crippen molar-refractivity contribution in [1.82, 2.24) is 10.2 Å². The molecule has 10 heteroatoms. The molecule has 2 fully saturated rings. The highest BCUT2D eigenvalue weighted by Crippen LogP contribution is 2.24. The van der Waals surface area contributed by atoms with Crippen molar-refractivity contribution in [3.63, 3.8) is 0 Å². The number of benzene rings is 1. The number of sulfone groups is 1. The van der Waals surface area contributed by atoms with E-state index in [2.05, 4.69) is 32.4 Å². The quantitative estimate of drug-likeness (QED) is 0.586. The first-order chi connectivity index (χ1) is 12.3. The summed E-state index contributed by atoms with van der Waals surface area (Å²) in [6.07, 6.45) is 2.59. The van der Waals surface area contributed by atoms with Crippen molar-refractivity contribution in [3.8, 4) is 0 Å². The normalized spacial score (nSPS) is 20.9. The van der Waals surface area contributed by atoms with Crippen LogP contribution in [0.3, 0.4) is 0 Å². The summed E-state index contributed by atoms with van der Waals surface area (Å²) in [5.41, 5.74) is 1.37. The highest BCUT2D eigenvalue weighted by Gasteiger charge is 2.19. The van der Waals surface area contributed by atoms with E-state index in [-0.39, 0.29) is 10.8 Å². The SMILES string of the molecule is CN1CCN(c2ccc(C=NN=C3NC(=O)CS3)c(S(C)(=O)=O)c2)CC1. The average molecular weight is 396 g/mol. The van der Waals surface area contributed by atoms with E-state index in [9.17, 15) is 13.2 Å². The number of likely N-dealkylation sites (N-methyl/N-ethyl adjacent to an activating group) is 1. The number of carbonyl (C=O) groups excluding carboxylic acids is 1. The molecule has 8 nitrogen and oxygen atoms in total. The number of hydrogen-bond donors (Lipinski definition) is 1. The molecule has 1 aromatic rings. The third-order valence-corrected chi connectivity index (χ3v) is 6.21. The molecule has 2 saturated heterocycles. The summed E-state index contributed by atoms with van der Waals surface area (Å²) in [6, 6.07) is 5.34. The number of amides is 1. The number of anilines is 1. The minimum Gasteiger partial charge on any atom is -0.369 e. The van der Waals surface area contributed by atoms with E-state index in [1.807, 2.05) is 6.07 Å². The zero-order valence-electron chi connectivity index (χ0n) is 14.7. The molecule has 1 N–H and O–H groups in total. The Morgan fingerprint density at radius 1 is 1.23 bits per heavy atom. The van der Waals surface area contributed by atoms with E-state index < -0.39 is 9.84 Å². The van der Waals surface area contributed by atoms with Gasteiger partial charge >= 0.3 is 0 Å². The van der Waals surface area contributed by atoms with E-state index >= 15 is 0 Å². The number of rotatable bonds is 4. The van der Waals surface area contributed by atoms with Gasteiger partial charge in [-0.3, -0.25) is 4.79 Å². The van der Waals surface area contributed by atoms with Crippen LogP contribution in [0.15, 0.2) is 33.3 Å². The first-order valence-electron chi connectivity index (χ1n) is 8.14. The second-order valence-electron chi connectivity index (χ2n) is 6.27. The third kappa shape index (κ3) is 4.63. The molecule has 1 amide bonds. The average Bonchev–Trinajstić information content (AvgIpc) is 3.00. The Kier molecular flexibility index (Phi) is 5.64. The van der Waals surface area contributed by atoms with Gasteiger partial charge in [0.05, 0.1) is 16.9 Å². The van der Waals surface area contributed by atoms with Crippen LogP contribution in [-0.4, -0.2) is 75.8 Å². The standard InChI is InChI=1S/C16H21N5O3S2/c1-20-5-7-21(8-6-20)13-4-3-12(14(9-13)26(2,23)24)10-17-19-16-18-15(22)11-25-16/h3-4,9-10H,5-8,11H2,1-2H3,(H,18,19,22). The van der Waals surface area contributed by atoms with Crippen LogP contribution >= 0.6 is 11.8 Å². The maximum absolute atomic E-state index is 12.2. The second-order valence-corrected chi connectivity index (χ2v) is 9.22. The largest absolute Gasteiger partial charge is 0.369 e. The zero-order chi connectivity index (χ0) is 18.7. The highest BCUT2D eigenvalue weighted by molar-refractivity contribution is 8.15. The molecule has 0 atom stereocenters. The van der Waals surface area contributed by atoms with Crippen LogP contribution in [0.1, 0.15) is 5.56 Å². The number of hydrogen-bond acceptors (Lipinski definition) is 8. The van der Waals surface area contributed by atoms with Crippen molar-refractivity contribution in [1.29, 1.82) is 0 Å². The van der Waals surface area contributed by atoms with Gasteiger partial charge in [-0.05, 0) is 25.2 Å². The van der Waals surface area contributed by atoms with Gasteiger partial charge in [-0.25, -0.2) is 8.42 Å². The van der Waals surface area contributed by atoms with Gasteiger partial charge in [0.15, 0.2) is 15.0 Å². The molecule has 0 spiro atoms. The fourth-order valence-electron chi connectivity index (χ4n) is 2.73. The van der Waals surface area contributed by atoms with Gasteiger partial charge in [0.2, 0.25) is 5.91 Å². The van der Waals surface area contributed by atoms with Gasteiger partial charge in [0.25, 0.3) is 0 Å². The topological polar surface area (TPSA) is 94.4 Å². The summed E-state index contributed by atoms with van der Waals surface area (Å²) in [4.78, 5) is 15.8. The Labute approximate surface area is 157 Å². The van der Waals surface area contributed by atoms with Crippen LogP contribution in [0.2, 0.25) is 0 Å². The lowest BCUT2D eigenvalue weighted by molar-refractivity contribution is -0.116. The second kappa shape index (κ2) is 7.77. The number of nitrogens with zero attached hydrogens (tertiary/aromatic N) is 4. The fourth-order valence-corrected chi connectivity index (χ4v) is 4.25. The van der Waals surface area contributed by atoms with Crippen LogP contribution in [-0.2, 0) is 14.6 Å². The van der Waals surface area contributed by atoms with E-state index in [1.54, 1.807) is 12.1 Å². The molecule has 140 valence electrons. The molecule has 0 bridgehead atoms. The maximum Gasteiger partial charge on any atom is 0.236 e. The van der Waals surface area contributed by atoms with Crippen LogP contribution in [0.25, 0.3) is 0 Å². The molecule has 2 aliphatic rings. The lowest BCUT2D eigenvalue weighted by Gasteiger charge is -2.34. The fraction of sp³-hybridized carbons (Fsp3) is 0.438. The molecule has 0 saturated carbocycles. The summed E-state index contributed by atoms with van der Waals surface area (Å²) in [6.45, 7) is 3.60. The molecule has 2 aliphatic heterocycles. The van der Waals surface area contributed by atoms with Crippen molar-refractivity contribution in [2.45, 2.75) is 4.90 Å². The molecule has 0 aliphatic carbocycles. The van der Waals surface area contributed by atoms with E-state index in [0.717, 1.165) is 31.9 Å². The first kappa shape index (κ1) is 18.9. The monoisotopic (exact) mass is 395 g/mol. The molecule has 26 heavy (non-hydrogen) atoms. The Morgan fingerprint density at radius 2 is 1.96 bits per heavy atom. The summed E-state index contributed by atoms with van der Waals surface area (Å²) in [7, 11) is -1.34. The van der Waals surface area contributed by atoms with Crippen molar-refractivity contribution < 1.29 is 13.2 Å². The van der Waals surface area contributed by atoms with Crippen molar-refractivity contribution >= 4 is 44.6 Å². The van der Waals surface area contributed by atoms with Crippen LogP contribution in [0, 0.1) is 0 Å². The molecule has 1 aromatic carbocycles. The minimum absolute atomic E-state index is 0.114. The lowest BCUT2D eigenvalue weighted by atomic mass is 10.2. The smallest absolute Gasteiger partial charge is 0.236 e. The van der Waals surface area contributed by atoms with Crippen molar-refractivity contribution in [3.05, 3.63) is 23.8 Å². The Morgan fingerprint density at radius 3 is 2.58 bits per heavy atom. The van der Waals surface area contributed by atoms with Gasteiger partial charge in [-0.1, -0.05) is 11.8 Å². The van der Waals surface area contributed by atoms with Crippen molar-refractivity contribution in [2.24, 2.45) is 10.2 Å². The molecule has 3 rings (SSSR count). The Hall–Kier alpha value is -1.91. The number of nitrogens with one attached hydrogen (secondary N) is 1. The predicted octanol–water partition coefficient (Wildman–Crippen LogP) is 0.395. The Bertz CT molecular complexity index is 859. The first-order valence-corrected chi connectivity index (χ1v) is 11.0.